The van der Waals surface area contributed by atoms with Crippen LogP contribution in [0.15, 0.2) is 0 Å². The van der Waals surface area contributed by atoms with E-state index in [1.807, 2.05) is 6.92 Å². The summed E-state index contributed by atoms with van der Waals surface area (Å²) in [5.74, 6) is 0. The van der Waals surface area contributed by atoms with Crippen molar-refractivity contribution < 1.29 is 4.74 Å². The standard InChI is InChI=1S/C13H28N2O/c1-4-15(12-8-6-7-9-12)13(3,10-14)11-16-5-2/h12H,4-11,14H2,1-3H3. The lowest BCUT2D eigenvalue weighted by atomic mass is 9.97. The van der Waals surface area contributed by atoms with E-state index in [0.717, 1.165) is 25.8 Å². The van der Waals surface area contributed by atoms with Crippen LogP contribution in [-0.2, 0) is 4.74 Å². The number of nitrogens with two attached hydrogens (primary N) is 1. The number of likely N-dealkylation sites (N-methyl/N-ethyl adjacent to an activating group) is 1. The molecule has 1 rings (SSSR count). The molecule has 0 radical (unpaired) electrons. The number of rotatable bonds is 7. The molecule has 1 aliphatic carbocycles. The summed E-state index contributed by atoms with van der Waals surface area (Å²) in [5, 5.41) is 0. The summed E-state index contributed by atoms with van der Waals surface area (Å²) in [4.78, 5) is 2.57. The van der Waals surface area contributed by atoms with Gasteiger partial charge in [-0.15, -0.1) is 0 Å². The number of hydrogen-bond donors (Lipinski definition) is 1. The van der Waals surface area contributed by atoms with Crippen molar-refractivity contribution in [2.75, 3.05) is 26.3 Å². The van der Waals surface area contributed by atoms with E-state index in [4.69, 9.17) is 10.5 Å². The Labute approximate surface area is 100 Å². The van der Waals surface area contributed by atoms with Crippen LogP contribution in [0.2, 0.25) is 0 Å². The van der Waals surface area contributed by atoms with Gasteiger partial charge < -0.3 is 10.5 Å². The van der Waals surface area contributed by atoms with Gasteiger partial charge in [-0.05, 0) is 33.2 Å². The summed E-state index contributed by atoms with van der Waals surface area (Å²) in [5.41, 5.74) is 5.98. The fraction of sp³-hybridized carbons (Fsp3) is 1.00. The molecule has 1 fully saturated rings. The Morgan fingerprint density at radius 3 is 2.38 bits per heavy atom. The lowest BCUT2D eigenvalue weighted by molar-refractivity contribution is -0.00941. The maximum absolute atomic E-state index is 5.97. The zero-order valence-electron chi connectivity index (χ0n) is 11.2. The van der Waals surface area contributed by atoms with Gasteiger partial charge in [0, 0.05) is 19.2 Å². The molecule has 3 heteroatoms. The second kappa shape index (κ2) is 6.58. The Hall–Kier alpha value is -0.120. The first-order valence-corrected chi connectivity index (χ1v) is 6.72. The largest absolute Gasteiger partial charge is 0.380 e. The van der Waals surface area contributed by atoms with Crippen LogP contribution in [0.1, 0.15) is 46.5 Å². The predicted octanol–water partition coefficient (Wildman–Crippen LogP) is 2.00. The van der Waals surface area contributed by atoms with Crippen molar-refractivity contribution >= 4 is 0 Å². The van der Waals surface area contributed by atoms with E-state index in [-0.39, 0.29) is 5.54 Å². The smallest absolute Gasteiger partial charge is 0.0660 e. The zero-order valence-corrected chi connectivity index (χ0v) is 11.2. The lowest BCUT2D eigenvalue weighted by Crippen LogP contribution is -2.58. The Kier molecular flexibility index (Phi) is 5.73. The third-order valence-electron chi connectivity index (χ3n) is 3.86. The first kappa shape index (κ1) is 13.9. The molecule has 1 atom stereocenters. The highest BCUT2D eigenvalue weighted by molar-refractivity contribution is 4.92. The molecule has 0 spiro atoms. The van der Waals surface area contributed by atoms with Gasteiger partial charge in [0.25, 0.3) is 0 Å². The second-order valence-corrected chi connectivity index (χ2v) is 5.06. The van der Waals surface area contributed by atoms with Crippen molar-refractivity contribution in [1.29, 1.82) is 0 Å². The summed E-state index contributed by atoms with van der Waals surface area (Å²) in [6.07, 6.45) is 5.40. The molecule has 0 heterocycles. The van der Waals surface area contributed by atoms with Crippen LogP contribution >= 0.6 is 0 Å². The number of ether oxygens (including phenoxy) is 1. The van der Waals surface area contributed by atoms with E-state index in [0.29, 0.717) is 6.54 Å². The summed E-state index contributed by atoms with van der Waals surface area (Å²) in [7, 11) is 0. The average Bonchev–Trinajstić information content (AvgIpc) is 2.81. The highest BCUT2D eigenvalue weighted by atomic mass is 16.5. The quantitative estimate of drug-likeness (QED) is 0.724. The Morgan fingerprint density at radius 1 is 1.31 bits per heavy atom. The third-order valence-corrected chi connectivity index (χ3v) is 3.86. The van der Waals surface area contributed by atoms with Gasteiger partial charge >= 0.3 is 0 Å². The first-order chi connectivity index (χ1) is 7.68. The van der Waals surface area contributed by atoms with Gasteiger partial charge in [-0.2, -0.15) is 0 Å². The highest BCUT2D eigenvalue weighted by Crippen LogP contribution is 2.29. The monoisotopic (exact) mass is 228 g/mol. The molecular weight excluding hydrogens is 200 g/mol. The zero-order chi connectivity index (χ0) is 12.0. The normalized spacial score (nSPS) is 21.6. The van der Waals surface area contributed by atoms with Crippen LogP contribution in [-0.4, -0.2) is 42.8 Å². The van der Waals surface area contributed by atoms with Crippen LogP contribution in [0, 0.1) is 0 Å². The molecule has 0 amide bonds. The van der Waals surface area contributed by atoms with Crippen LogP contribution in [0.5, 0.6) is 0 Å². The molecule has 0 aromatic carbocycles. The molecule has 1 unspecified atom stereocenters. The van der Waals surface area contributed by atoms with Crippen molar-refractivity contribution in [2.24, 2.45) is 5.73 Å². The molecule has 96 valence electrons. The van der Waals surface area contributed by atoms with E-state index < -0.39 is 0 Å². The molecule has 1 aliphatic rings. The van der Waals surface area contributed by atoms with E-state index in [9.17, 15) is 0 Å². The Morgan fingerprint density at radius 2 is 1.94 bits per heavy atom. The van der Waals surface area contributed by atoms with Gasteiger partial charge in [0.05, 0.1) is 12.1 Å². The number of hydrogen-bond acceptors (Lipinski definition) is 3. The van der Waals surface area contributed by atoms with Crippen molar-refractivity contribution in [3.63, 3.8) is 0 Å². The minimum atomic E-state index is 0.0137. The van der Waals surface area contributed by atoms with E-state index >= 15 is 0 Å². The van der Waals surface area contributed by atoms with Crippen molar-refractivity contribution in [3.8, 4) is 0 Å². The van der Waals surface area contributed by atoms with Gasteiger partial charge in [-0.25, -0.2) is 0 Å². The first-order valence-electron chi connectivity index (χ1n) is 6.72. The van der Waals surface area contributed by atoms with Crippen molar-refractivity contribution in [3.05, 3.63) is 0 Å². The summed E-state index contributed by atoms with van der Waals surface area (Å²) >= 11 is 0. The van der Waals surface area contributed by atoms with Crippen LogP contribution in [0.25, 0.3) is 0 Å². The molecule has 2 N–H and O–H groups in total. The average molecular weight is 228 g/mol. The fourth-order valence-corrected chi connectivity index (χ4v) is 2.88. The maximum atomic E-state index is 5.97. The maximum Gasteiger partial charge on any atom is 0.0660 e. The molecule has 0 aromatic rings. The molecule has 3 nitrogen and oxygen atoms in total. The van der Waals surface area contributed by atoms with Gasteiger partial charge in [0.1, 0.15) is 0 Å². The van der Waals surface area contributed by atoms with Crippen LogP contribution in [0.4, 0.5) is 0 Å². The fourth-order valence-electron chi connectivity index (χ4n) is 2.88. The van der Waals surface area contributed by atoms with E-state index in [1.54, 1.807) is 0 Å². The third kappa shape index (κ3) is 3.19. The molecule has 1 saturated carbocycles. The second-order valence-electron chi connectivity index (χ2n) is 5.06. The minimum Gasteiger partial charge on any atom is -0.380 e. The van der Waals surface area contributed by atoms with Gasteiger partial charge in [0.15, 0.2) is 0 Å². The molecule has 0 aliphatic heterocycles. The topological polar surface area (TPSA) is 38.5 Å². The molecule has 0 saturated heterocycles. The van der Waals surface area contributed by atoms with Crippen molar-refractivity contribution in [1.82, 2.24) is 4.90 Å². The summed E-state index contributed by atoms with van der Waals surface area (Å²) in [6.45, 7) is 9.80. The molecule has 0 bridgehead atoms. The van der Waals surface area contributed by atoms with Crippen LogP contribution < -0.4 is 5.73 Å². The van der Waals surface area contributed by atoms with Crippen LogP contribution in [0.3, 0.4) is 0 Å². The Bertz CT molecular complexity index is 192. The van der Waals surface area contributed by atoms with E-state index in [2.05, 4.69) is 18.7 Å². The molecule has 16 heavy (non-hydrogen) atoms. The Balaban J connectivity index is 2.64. The predicted molar refractivity (Wildman–Crippen MR) is 68.6 cm³/mol. The highest BCUT2D eigenvalue weighted by Gasteiger charge is 2.35. The van der Waals surface area contributed by atoms with E-state index in [1.165, 1.54) is 25.7 Å². The summed E-state index contributed by atoms with van der Waals surface area (Å²) < 4.78 is 5.61. The lowest BCUT2D eigenvalue weighted by Gasteiger charge is -2.43. The SMILES string of the molecule is CCOCC(C)(CN)N(CC)C1CCCC1. The van der Waals surface area contributed by atoms with Gasteiger partial charge in [-0.1, -0.05) is 19.8 Å². The molecular formula is C13H28N2O. The minimum absolute atomic E-state index is 0.0137. The summed E-state index contributed by atoms with van der Waals surface area (Å²) in [6, 6.07) is 0.721. The number of nitrogens with zero attached hydrogens (tertiary/aromatic N) is 1. The van der Waals surface area contributed by atoms with Crippen molar-refractivity contribution in [2.45, 2.75) is 58.0 Å². The van der Waals surface area contributed by atoms with Gasteiger partial charge in [-0.3, -0.25) is 4.90 Å². The molecule has 0 aromatic heterocycles. The van der Waals surface area contributed by atoms with Gasteiger partial charge in [0.2, 0.25) is 0 Å².